The van der Waals surface area contributed by atoms with E-state index in [1.54, 1.807) is 6.07 Å². The van der Waals surface area contributed by atoms with Crippen LogP contribution in [0.25, 0.3) is 0 Å². The summed E-state index contributed by atoms with van der Waals surface area (Å²) in [6, 6.07) is 3.59. The van der Waals surface area contributed by atoms with E-state index in [0.717, 1.165) is 5.56 Å². The number of hydrogen-bond donors (Lipinski definition) is 1. The van der Waals surface area contributed by atoms with Crippen LogP contribution in [0.15, 0.2) is 12.1 Å². The van der Waals surface area contributed by atoms with E-state index in [9.17, 15) is 4.39 Å². The molecule has 1 N–H and O–H groups in total. The third kappa shape index (κ3) is 3.33. The predicted octanol–water partition coefficient (Wildman–Crippen LogP) is 2.66. The van der Waals surface area contributed by atoms with Crippen molar-refractivity contribution in [3.8, 4) is 11.5 Å². The van der Waals surface area contributed by atoms with E-state index in [1.807, 2.05) is 6.07 Å². The van der Waals surface area contributed by atoms with Crippen molar-refractivity contribution in [3.05, 3.63) is 23.3 Å². The van der Waals surface area contributed by atoms with Crippen molar-refractivity contribution in [1.82, 2.24) is 0 Å². The van der Waals surface area contributed by atoms with Crippen LogP contribution in [0.4, 0.5) is 4.39 Å². The number of methoxy groups -OCH3 is 2. The van der Waals surface area contributed by atoms with Gasteiger partial charge in [0.2, 0.25) is 0 Å². The van der Waals surface area contributed by atoms with Crippen LogP contribution >= 0.6 is 0 Å². The Morgan fingerprint density at radius 3 is 2.47 bits per heavy atom. The molecular formula is C13H19FO3. The lowest BCUT2D eigenvalue weighted by Crippen LogP contribution is -2.00. The summed E-state index contributed by atoms with van der Waals surface area (Å²) >= 11 is 0. The van der Waals surface area contributed by atoms with Crippen LogP contribution in [-0.2, 0) is 6.42 Å². The van der Waals surface area contributed by atoms with Crippen molar-refractivity contribution in [2.45, 2.75) is 25.9 Å². The van der Waals surface area contributed by atoms with E-state index in [2.05, 4.69) is 0 Å². The molecule has 4 heteroatoms. The molecule has 0 amide bonds. The normalized spacial score (nSPS) is 12.3. The molecule has 0 aliphatic rings. The number of aryl methyl sites for hydroxylation is 1. The number of hydrogen-bond acceptors (Lipinski definition) is 3. The summed E-state index contributed by atoms with van der Waals surface area (Å²) in [5.74, 6) is 0.970. The predicted molar refractivity (Wildman–Crippen MR) is 64.5 cm³/mol. The number of rotatable bonds is 6. The van der Waals surface area contributed by atoms with Crippen LogP contribution in [0, 0.1) is 0 Å². The summed E-state index contributed by atoms with van der Waals surface area (Å²) in [5.41, 5.74) is 1.43. The van der Waals surface area contributed by atoms with Gasteiger partial charge < -0.3 is 14.6 Å². The molecule has 1 rings (SSSR count). The molecule has 1 atom stereocenters. The van der Waals surface area contributed by atoms with Crippen LogP contribution < -0.4 is 9.47 Å². The van der Waals surface area contributed by atoms with Gasteiger partial charge in [-0.1, -0.05) is 0 Å². The van der Waals surface area contributed by atoms with Crippen LogP contribution in [-0.4, -0.2) is 25.9 Å². The topological polar surface area (TPSA) is 38.7 Å². The molecule has 1 unspecified atom stereocenters. The summed E-state index contributed by atoms with van der Waals surface area (Å²) in [6.45, 7) is 1.59. The second-order valence-electron chi connectivity index (χ2n) is 3.86. The molecule has 1 aromatic rings. The number of aliphatic hydroxyl groups is 1. The Balaban J connectivity index is 3.15. The van der Waals surface area contributed by atoms with Crippen LogP contribution in [0.5, 0.6) is 11.5 Å². The Labute approximate surface area is 101 Å². The highest BCUT2D eigenvalue weighted by molar-refractivity contribution is 5.50. The molecule has 0 aliphatic carbocycles. The first kappa shape index (κ1) is 13.8. The second kappa shape index (κ2) is 6.45. The largest absolute Gasteiger partial charge is 0.493 e. The molecule has 3 nitrogen and oxygen atoms in total. The van der Waals surface area contributed by atoms with Gasteiger partial charge in [-0.05, 0) is 37.5 Å². The second-order valence-corrected chi connectivity index (χ2v) is 3.86. The Bertz CT molecular complexity index is 364. The van der Waals surface area contributed by atoms with E-state index in [1.165, 1.54) is 21.1 Å². The molecule has 0 radical (unpaired) electrons. The molecule has 0 aromatic heterocycles. The van der Waals surface area contributed by atoms with E-state index in [4.69, 9.17) is 14.6 Å². The Morgan fingerprint density at radius 1 is 1.29 bits per heavy atom. The minimum Gasteiger partial charge on any atom is -0.493 e. The first-order valence-corrected chi connectivity index (χ1v) is 5.63. The zero-order valence-corrected chi connectivity index (χ0v) is 10.5. The molecule has 17 heavy (non-hydrogen) atoms. The van der Waals surface area contributed by atoms with Crippen molar-refractivity contribution >= 4 is 0 Å². The van der Waals surface area contributed by atoms with Crippen molar-refractivity contribution in [3.63, 3.8) is 0 Å². The van der Waals surface area contributed by atoms with Gasteiger partial charge in [-0.25, -0.2) is 4.39 Å². The van der Waals surface area contributed by atoms with Gasteiger partial charge in [0, 0.05) is 12.2 Å². The standard InChI is InChI=1S/C13H19FO3/c1-9(14)11-7-10(5-4-6-15)8-12(16-2)13(11)17-3/h7-9,15H,4-6H2,1-3H3. The number of aliphatic hydroxyl groups excluding tert-OH is 1. The van der Waals surface area contributed by atoms with Gasteiger partial charge in [0.1, 0.15) is 6.17 Å². The molecule has 0 fully saturated rings. The minimum absolute atomic E-state index is 0.120. The van der Waals surface area contributed by atoms with Crippen molar-refractivity contribution in [1.29, 1.82) is 0 Å². The molecule has 0 aliphatic heterocycles. The fourth-order valence-electron chi connectivity index (χ4n) is 1.78. The molecule has 0 saturated heterocycles. The van der Waals surface area contributed by atoms with Gasteiger partial charge >= 0.3 is 0 Å². The number of halogens is 1. The monoisotopic (exact) mass is 242 g/mol. The lowest BCUT2D eigenvalue weighted by molar-refractivity contribution is 0.288. The summed E-state index contributed by atoms with van der Waals surface area (Å²) in [4.78, 5) is 0. The van der Waals surface area contributed by atoms with Gasteiger partial charge in [0.25, 0.3) is 0 Å². The van der Waals surface area contributed by atoms with Gasteiger partial charge in [0.05, 0.1) is 14.2 Å². The molecular weight excluding hydrogens is 223 g/mol. The van der Waals surface area contributed by atoms with Gasteiger partial charge in [-0.15, -0.1) is 0 Å². The van der Waals surface area contributed by atoms with Gasteiger partial charge in [-0.2, -0.15) is 0 Å². The zero-order chi connectivity index (χ0) is 12.8. The minimum atomic E-state index is -1.12. The molecule has 1 aromatic carbocycles. The summed E-state index contributed by atoms with van der Waals surface area (Å²) < 4.78 is 23.9. The SMILES string of the molecule is COc1cc(CCCO)cc(C(C)F)c1OC. The molecule has 0 heterocycles. The average Bonchev–Trinajstić information content (AvgIpc) is 2.34. The Morgan fingerprint density at radius 2 is 2.00 bits per heavy atom. The van der Waals surface area contributed by atoms with E-state index < -0.39 is 6.17 Å². The fourth-order valence-corrected chi connectivity index (χ4v) is 1.78. The first-order valence-electron chi connectivity index (χ1n) is 5.63. The molecule has 96 valence electrons. The van der Waals surface area contributed by atoms with Gasteiger partial charge in [0.15, 0.2) is 11.5 Å². The number of alkyl halides is 1. The molecule has 0 spiro atoms. The van der Waals surface area contributed by atoms with Crippen LogP contribution in [0.2, 0.25) is 0 Å². The zero-order valence-electron chi connectivity index (χ0n) is 10.5. The fraction of sp³-hybridized carbons (Fsp3) is 0.538. The highest BCUT2D eigenvalue weighted by atomic mass is 19.1. The van der Waals surface area contributed by atoms with Crippen molar-refractivity contribution in [2.24, 2.45) is 0 Å². The maximum absolute atomic E-state index is 13.5. The lowest BCUT2D eigenvalue weighted by atomic mass is 10.0. The third-order valence-corrected chi connectivity index (χ3v) is 2.62. The summed E-state index contributed by atoms with van der Waals surface area (Å²) in [6.07, 6.45) is 0.222. The van der Waals surface area contributed by atoms with E-state index in [-0.39, 0.29) is 6.61 Å². The van der Waals surface area contributed by atoms with Crippen molar-refractivity contribution < 1.29 is 19.0 Å². The molecule has 0 bridgehead atoms. The first-order chi connectivity index (χ1) is 8.13. The van der Waals surface area contributed by atoms with E-state index >= 15 is 0 Å². The maximum Gasteiger partial charge on any atom is 0.166 e. The molecule has 0 saturated carbocycles. The van der Waals surface area contributed by atoms with Crippen LogP contribution in [0.3, 0.4) is 0 Å². The smallest absolute Gasteiger partial charge is 0.166 e. The lowest BCUT2D eigenvalue weighted by Gasteiger charge is -2.15. The quantitative estimate of drug-likeness (QED) is 0.833. The van der Waals surface area contributed by atoms with E-state index in [0.29, 0.717) is 29.9 Å². The number of benzene rings is 1. The van der Waals surface area contributed by atoms with Crippen LogP contribution in [0.1, 0.15) is 30.6 Å². The maximum atomic E-state index is 13.5. The average molecular weight is 242 g/mol. The summed E-state index contributed by atoms with van der Waals surface area (Å²) in [7, 11) is 3.03. The number of ether oxygens (including phenoxy) is 2. The van der Waals surface area contributed by atoms with Gasteiger partial charge in [-0.3, -0.25) is 0 Å². The Kier molecular flexibility index (Phi) is 5.22. The third-order valence-electron chi connectivity index (χ3n) is 2.62. The summed E-state index contributed by atoms with van der Waals surface area (Å²) in [5, 5.41) is 8.80. The highest BCUT2D eigenvalue weighted by Crippen LogP contribution is 2.37. The Hall–Kier alpha value is -1.29. The highest BCUT2D eigenvalue weighted by Gasteiger charge is 2.16. The van der Waals surface area contributed by atoms with Crippen molar-refractivity contribution in [2.75, 3.05) is 20.8 Å².